The number of primary amides is 1. The lowest BCUT2D eigenvalue weighted by Gasteiger charge is -2.35. The standard InChI is InChI=1S/C24H33N9O2/c1-35-19-13-17(33-11-9-32(10-12-33)14-20(25)34)7-8-18(19)29-24-30-22-21(26-15-27-22)23(31-24)28-16-5-3-2-4-6-16/h7-8,13,15-16H,2-6,9-12,14H2,1H3,(H2,25,34)(H3,26,27,28,29,30,31)/p+1. The fraction of sp³-hybridized carbons (Fsp3) is 0.500. The number of carbonyl (C=O) groups is 1. The van der Waals surface area contributed by atoms with Crippen LogP contribution in [0.2, 0.25) is 0 Å². The minimum atomic E-state index is -0.287. The Labute approximate surface area is 204 Å². The molecular weight excluding hydrogens is 446 g/mol. The number of anilines is 4. The van der Waals surface area contributed by atoms with Crippen molar-refractivity contribution in [1.82, 2.24) is 19.9 Å². The van der Waals surface area contributed by atoms with E-state index in [9.17, 15) is 4.79 Å². The fourth-order valence-corrected chi connectivity index (χ4v) is 4.96. The molecule has 6 N–H and O–H groups in total. The van der Waals surface area contributed by atoms with Gasteiger partial charge in [-0.1, -0.05) is 24.2 Å². The first-order chi connectivity index (χ1) is 17.1. The van der Waals surface area contributed by atoms with Crippen LogP contribution >= 0.6 is 0 Å². The molecule has 1 aliphatic heterocycles. The lowest BCUT2D eigenvalue weighted by molar-refractivity contribution is -0.347. The number of carbonyl (C=O) groups excluding carboxylic acids is 1. The van der Waals surface area contributed by atoms with Crippen molar-refractivity contribution in [3.05, 3.63) is 24.5 Å². The van der Waals surface area contributed by atoms with Crippen LogP contribution in [0.3, 0.4) is 0 Å². The summed E-state index contributed by atoms with van der Waals surface area (Å²) in [5, 5.41) is 6.96. The number of nitrogens with two attached hydrogens (primary N) is 1. The molecule has 0 spiro atoms. The molecule has 35 heavy (non-hydrogen) atoms. The SMILES string of the molecule is COc1cc(N2CCN(CC(N)=O)CC2)ccc1Nc1nc(NC2CCCCC2)c2[nH]c[nH+]c2n1. The second-order valence-corrected chi connectivity index (χ2v) is 9.27. The highest BCUT2D eigenvalue weighted by molar-refractivity contribution is 5.82. The van der Waals surface area contributed by atoms with Crippen LogP contribution in [-0.4, -0.2) is 71.6 Å². The monoisotopic (exact) mass is 480 g/mol. The van der Waals surface area contributed by atoms with Crippen molar-refractivity contribution in [2.45, 2.75) is 38.1 Å². The molecule has 2 fully saturated rings. The van der Waals surface area contributed by atoms with Crippen molar-refractivity contribution >= 4 is 40.2 Å². The number of hydrogen-bond donors (Lipinski definition) is 4. The quantitative estimate of drug-likeness (QED) is 0.383. The summed E-state index contributed by atoms with van der Waals surface area (Å²) in [6.45, 7) is 3.54. The first-order valence-corrected chi connectivity index (χ1v) is 12.3. The molecule has 1 aromatic carbocycles. The van der Waals surface area contributed by atoms with E-state index in [4.69, 9.17) is 15.5 Å². The van der Waals surface area contributed by atoms with Crippen molar-refractivity contribution in [2.24, 2.45) is 5.73 Å². The number of rotatable bonds is 8. The summed E-state index contributed by atoms with van der Waals surface area (Å²) in [7, 11) is 1.66. The number of ether oxygens (including phenoxy) is 1. The molecular formula is C24H34N9O2+. The average molecular weight is 481 g/mol. The number of piperazine rings is 1. The number of methoxy groups -OCH3 is 1. The van der Waals surface area contributed by atoms with Gasteiger partial charge in [0, 0.05) is 44.0 Å². The van der Waals surface area contributed by atoms with Gasteiger partial charge in [0.05, 0.1) is 19.3 Å². The summed E-state index contributed by atoms with van der Waals surface area (Å²) in [5.41, 5.74) is 8.81. The molecule has 1 amide bonds. The predicted molar refractivity (Wildman–Crippen MR) is 135 cm³/mol. The Morgan fingerprint density at radius 1 is 1.20 bits per heavy atom. The maximum absolute atomic E-state index is 11.2. The van der Waals surface area contributed by atoms with Crippen molar-refractivity contribution in [3.8, 4) is 5.75 Å². The number of hydrogen-bond acceptors (Lipinski definition) is 8. The van der Waals surface area contributed by atoms with Crippen LogP contribution < -0.4 is 31.0 Å². The second kappa shape index (κ2) is 10.3. The number of nitrogens with zero attached hydrogens (tertiary/aromatic N) is 4. The summed E-state index contributed by atoms with van der Waals surface area (Å²) in [6.07, 6.45) is 7.89. The maximum Gasteiger partial charge on any atom is 0.307 e. The minimum absolute atomic E-state index is 0.287. The third kappa shape index (κ3) is 5.40. The first-order valence-electron chi connectivity index (χ1n) is 12.3. The minimum Gasteiger partial charge on any atom is -0.494 e. The Morgan fingerprint density at radius 2 is 2.00 bits per heavy atom. The molecule has 3 heterocycles. The van der Waals surface area contributed by atoms with E-state index in [-0.39, 0.29) is 5.91 Å². The van der Waals surface area contributed by atoms with Gasteiger partial charge in [-0.25, -0.2) is 4.98 Å². The number of fused-ring (bicyclic) bond motifs is 1. The number of H-pyrrole nitrogens is 2. The lowest BCUT2D eigenvalue weighted by atomic mass is 9.95. The summed E-state index contributed by atoms with van der Waals surface area (Å²) in [4.78, 5) is 31.4. The zero-order valence-electron chi connectivity index (χ0n) is 20.1. The van der Waals surface area contributed by atoms with Gasteiger partial charge in [-0.05, 0) is 25.0 Å². The molecule has 3 aromatic rings. The third-order valence-corrected chi connectivity index (χ3v) is 6.83. The molecule has 11 nitrogen and oxygen atoms in total. The maximum atomic E-state index is 11.2. The van der Waals surface area contributed by atoms with Crippen molar-refractivity contribution in [2.75, 3.05) is 55.4 Å². The van der Waals surface area contributed by atoms with Crippen LogP contribution in [0.15, 0.2) is 24.5 Å². The van der Waals surface area contributed by atoms with E-state index in [1.807, 2.05) is 12.1 Å². The van der Waals surface area contributed by atoms with E-state index in [1.165, 1.54) is 19.3 Å². The van der Waals surface area contributed by atoms with Gasteiger partial charge in [0.15, 0.2) is 12.1 Å². The molecule has 0 bridgehead atoms. The smallest absolute Gasteiger partial charge is 0.307 e. The fourth-order valence-electron chi connectivity index (χ4n) is 4.96. The van der Waals surface area contributed by atoms with E-state index in [2.05, 4.69) is 41.5 Å². The van der Waals surface area contributed by atoms with E-state index >= 15 is 0 Å². The van der Waals surface area contributed by atoms with Gasteiger partial charge in [-0.15, -0.1) is 0 Å². The number of imidazole rings is 1. The van der Waals surface area contributed by atoms with Crippen LogP contribution in [0.4, 0.5) is 23.1 Å². The molecule has 2 aromatic heterocycles. The second-order valence-electron chi connectivity index (χ2n) is 9.27. The molecule has 1 saturated carbocycles. The number of benzene rings is 1. The largest absolute Gasteiger partial charge is 0.494 e. The van der Waals surface area contributed by atoms with Gasteiger partial charge in [0.1, 0.15) is 5.75 Å². The first kappa shape index (κ1) is 23.2. The van der Waals surface area contributed by atoms with Gasteiger partial charge in [-0.3, -0.25) is 14.7 Å². The predicted octanol–water partition coefficient (Wildman–Crippen LogP) is 1.88. The molecule has 0 radical (unpaired) electrons. The average Bonchev–Trinajstić information content (AvgIpc) is 3.34. The molecule has 186 valence electrons. The van der Waals surface area contributed by atoms with Gasteiger partial charge in [-0.2, -0.15) is 4.98 Å². The van der Waals surface area contributed by atoms with Gasteiger partial charge >= 0.3 is 11.6 Å². The highest BCUT2D eigenvalue weighted by Gasteiger charge is 2.22. The normalized spacial score (nSPS) is 17.5. The molecule has 11 heteroatoms. The number of nitrogens with one attached hydrogen (secondary N) is 4. The molecule has 0 atom stereocenters. The van der Waals surface area contributed by atoms with E-state index < -0.39 is 0 Å². The van der Waals surface area contributed by atoms with Crippen LogP contribution in [0.1, 0.15) is 32.1 Å². The van der Waals surface area contributed by atoms with Crippen LogP contribution in [0, 0.1) is 0 Å². The molecule has 2 aliphatic rings. The van der Waals surface area contributed by atoms with Crippen LogP contribution in [0.5, 0.6) is 5.75 Å². The summed E-state index contributed by atoms with van der Waals surface area (Å²) < 4.78 is 5.70. The molecule has 1 aliphatic carbocycles. The van der Waals surface area contributed by atoms with E-state index in [0.717, 1.165) is 67.4 Å². The Bertz CT molecular complexity index is 1170. The molecule has 5 rings (SSSR count). The zero-order chi connectivity index (χ0) is 24.2. The molecule has 0 unspecified atom stereocenters. The highest BCUT2D eigenvalue weighted by Crippen LogP contribution is 2.33. The molecule has 1 saturated heterocycles. The zero-order valence-corrected chi connectivity index (χ0v) is 20.1. The lowest BCUT2D eigenvalue weighted by Crippen LogP contribution is -2.48. The Kier molecular flexibility index (Phi) is 6.84. The summed E-state index contributed by atoms with van der Waals surface area (Å²) in [6, 6.07) is 6.51. The van der Waals surface area contributed by atoms with Gasteiger partial charge < -0.3 is 26.0 Å². The van der Waals surface area contributed by atoms with Gasteiger partial charge in [0.25, 0.3) is 0 Å². The van der Waals surface area contributed by atoms with Crippen molar-refractivity contribution < 1.29 is 14.5 Å². The van der Waals surface area contributed by atoms with Crippen molar-refractivity contribution in [1.29, 1.82) is 0 Å². The Morgan fingerprint density at radius 3 is 2.74 bits per heavy atom. The summed E-state index contributed by atoms with van der Waals surface area (Å²) in [5.74, 6) is 1.73. The number of aromatic amines is 2. The Hall–Kier alpha value is -3.60. The summed E-state index contributed by atoms with van der Waals surface area (Å²) >= 11 is 0. The Balaban J connectivity index is 1.32. The highest BCUT2D eigenvalue weighted by atomic mass is 16.5. The van der Waals surface area contributed by atoms with Crippen molar-refractivity contribution in [3.63, 3.8) is 0 Å². The number of aromatic nitrogens is 4. The van der Waals surface area contributed by atoms with E-state index in [1.54, 1.807) is 13.4 Å². The van der Waals surface area contributed by atoms with Crippen LogP contribution in [0.25, 0.3) is 11.2 Å². The van der Waals surface area contributed by atoms with Gasteiger partial charge in [0.2, 0.25) is 11.4 Å². The topological polar surface area (TPSA) is 139 Å². The third-order valence-electron chi connectivity index (χ3n) is 6.83. The number of amides is 1. The van der Waals surface area contributed by atoms with E-state index in [0.29, 0.717) is 24.3 Å². The van der Waals surface area contributed by atoms with Crippen LogP contribution in [-0.2, 0) is 4.79 Å².